The van der Waals surface area contributed by atoms with E-state index in [4.69, 9.17) is 9.84 Å². The van der Waals surface area contributed by atoms with E-state index in [0.29, 0.717) is 0 Å². The number of aliphatic hydroxyl groups excluding tert-OH is 1. The Bertz CT molecular complexity index is 369. The Morgan fingerprint density at radius 3 is 2.44 bits per heavy atom. The molecule has 16 heavy (non-hydrogen) atoms. The number of hydrogen-bond donors (Lipinski definition) is 1. The summed E-state index contributed by atoms with van der Waals surface area (Å²) in [4.78, 5) is 11.7. The number of aliphatic hydroxyl groups is 1. The second kappa shape index (κ2) is 4.31. The first-order valence-corrected chi connectivity index (χ1v) is 6.43. The Balaban J connectivity index is 2.93. The van der Waals surface area contributed by atoms with Gasteiger partial charge in [0.05, 0.1) is 12.6 Å². The van der Waals surface area contributed by atoms with E-state index in [0.717, 1.165) is 4.31 Å². The number of ether oxygens (including phenoxy) is 1. The lowest BCUT2D eigenvalue weighted by Gasteiger charge is -2.46. The van der Waals surface area contributed by atoms with Crippen LogP contribution < -0.4 is 0 Å². The maximum absolute atomic E-state index is 11.8. The molecular formula is C9H17NO5S. The number of amides is 1. The lowest BCUT2D eigenvalue weighted by atomic mass is 10.1. The van der Waals surface area contributed by atoms with Gasteiger partial charge in [-0.3, -0.25) is 4.79 Å². The third kappa shape index (κ3) is 1.72. The van der Waals surface area contributed by atoms with Crippen molar-refractivity contribution in [2.24, 2.45) is 0 Å². The van der Waals surface area contributed by atoms with Gasteiger partial charge in [-0.1, -0.05) is 0 Å². The SMILES string of the molecule is COCC(CCO)N1C(=O)C(C)(C)S1(=O)=O. The molecule has 0 spiro atoms. The molecule has 7 heteroatoms. The Hall–Kier alpha value is -0.660. The third-order valence-electron chi connectivity index (χ3n) is 2.77. The van der Waals surface area contributed by atoms with Gasteiger partial charge in [0.1, 0.15) is 0 Å². The molecule has 1 rings (SSSR count). The van der Waals surface area contributed by atoms with Crippen LogP contribution in [0.5, 0.6) is 0 Å². The molecule has 6 nitrogen and oxygen atoms in total. The summed E-state index contributed by atoms with van der Waals surface area (Å²) in [6.07, 6.45) is 0.189. The summed E-state index contributed by atoms with van der Waals surface area (Å²) in [6, 6.07) is -0.611. The fourth-order valence-electron chi connectivity index (χ4n) is 1.66. The van der Waals surface area contributed by atoms with E-state index >= 15 is 0 Å². The van der Waals surface area contributed by atoms with Crippen molar-refractivity contribution in [1.82, 2.24) is 4.31 Å². The van der Waals surface area contributed by atoms with Gasteiger partial charge in [-0.05, 0) is 20.3 Å². The molecule has 0 aliphatic carbocycles. The van der Waals surface area contributed by atoms with Crippen LogP contribution in [-0.2, 0) is 19.6 Å². The molecule has 1 unspecified atom stereocenters. The van der Waals surface area contributed by atoms with E-state index in [2.05, 4.69) is 0 Å². The molecule has 1 amide bonds. The highest BCUT2D eigenvalue weighted by Crippen LogP contribution is 2.37. The maximum Gasteiger partial charge on any atom is 0.259 e. The van der Waals surface area contributed by atoms with Crippen LogP contribution in [0.15, 0.2) is 0 Å². The van der Waals surface area contributed by atoms with Crippen molar-refractivity contribution in [3.8, 4) is 0 Å². The number of sulfonamides is 1. The largest absolute Gasteiger partial charge is 0.396 e. The monoisotopic (exact) mass is 251 g/mol. The van der Waals surface area contributed by atoms with Gasteiger partial charge in [0.15, 0.2) is 4.75 Å². The molecule has 0 aromatic rings. The number of carbonyl (C=O) groups is 1. The lowest BCUT2D eigenvalue weighted by Crippen LogP contribution is -2.70. The van der Waals surface area contributed by atoms with Gasteiger partial charge < -0.3 is 9.84 Å². The molecule has 0 aromatic carbocycles. The summed E-state index contributed by atoms with van der Waals surface area (Å²) in [6.45, 7) is 2.67. The zero-order valence-corrected chi connectivity index (χ0v) is 10.5. The summed E-state index contributed by atoms with van der Waals surface area (Å²) < 4.78 is 28.0. The number of methoxy groups -OCH3 is 1. The lowest BCUT2D eigenvalue weighted by molar-refractivity contribution is -0.135. The van der Waals surface area contributed by atoms with E-state index in [1.165, 1.54) is 21.0 Å². The predicted octanol–water partition coefficient (Wildman–Crippen LogP) is -0.666. The van der Waals surface area contributed by atoms with E-state index in [1.807, 2.05) is 0 Å². The van der Waals surface area contributed by atoms with Crippen LogP contribution in [0.25, 0.3) is 0 Å². The summed E-state index contributed by atoms with van der Waals surface area (Å²) >= 11 is 0. The molecule has 1 aliphatic rings. The maximum atomic E-state index is 11.8. The van der Waals surface area contributed by atoms with Crippen molar-refractivity contribution in [2.45, 2.75) is 31.1 Å². The molecule has 0 radical (unpaired) electrons. The van der Waals surface area contributed by atoms with Crippen LogP contribution in [0, 0.1) is 0 Å². The van der Waals surface area contributed by atoms with Gasteiger partial charge in [0.25, 0.3) is 15.9 Å². The van der Waals surface area contributed by atoms with Crippen LogP contribution in [0.1, 0.15) is 20.3 Å². The summed E-state index contributed by atoms with van der Waals surface area (Å²) in [5, 5.41) is 8.83. The number of rotatable bonds is 5. The summed E-state index contributed by atoms with van der Waals surface area (Å²) in [5.74, 6) is -0.442. The first-order chi connectivity index (χ1) is 7.30. The Morgan fingerprint density at radius 1 is 1.50 bits per heavy atom. The molecule has 1 heterocycles. The zero-order valence-electron chi connectivity index (χ0n) is 9.63. The minimum absolute atomic E-state index is 0.0988. The van der Waals surface area contributed by atoms with E-state index in [9.17, 15) is 13.2 Å². The van der Waals surface area contributed by atoms with Crippen molar-refractivity contribution in [3.63, 3.8) is 0 Å². The predicted molar refractivity (Wildman–Crippen MR) is 57.2 cm³/mol. The Morgan fingerprint density at radius 2 is 2.06 bits per heavy atom. The smallest absolute Gasteiger partial charge is 0.259 e. The number of carbonyl (C=O) groups excluding carboxylic acids is 1. The molecular weight excluding hydrogens is 234 g/mol. The van der Waals surface area contributed by atoms with Crippen molar-refractivity contribution >= 4 is 15.9 Å². The fraction of sp³-hybridized carbons (Fsp3) is 0.889. The van der Waals surface area contributed by atoms with Gasteiger partial charge in [0.2, 0.25) is 0 Å². The van der Waals surface area contributed by atoms with Crippen LogP contribution in [0.4, 0.5) is 0 Å². The fourth-order valence-corrected chi connectivity index (χ4v) is 3.35. The van der Waals surface area contributed by atoms with Crippen molar-refractivity contribution in [2.75, 3.05) is 20.3 Å². The van der Waals surface area contributed by atoms with Crippen LogP contribution >= 0.6 is 0 Å². The summed E-state index contributed by atoms with van der Waals surface area (Å²) in [5.41, 5.74) is 0. The average Bonchev–Trinajstić information content (AvgIpc) is 2.18. The molecule has 1 atom stereocenters. The zero-order chi connectivity index (χ0) is 12.6. The highest BCUT2D eigenvalue weighted by atomic mass is 32.2. The second-order valence-corrected chi connectivity index (χ2v) is 6.60. The quantitative estimate of drug-likeness (QED) is 0.701. The first kappa shape index (κ1) is 13.4. The van der Waals surface area contributed by atoms with Gasteiger partial charge in [-0.15, -0.1) is 0 Å². The molecule has 1 saturated heterocycles. The van der Waals surface area contributed by atoms with Crippen LogP contribution in [0.3, 0.4) is 0 Å². The minimum Gasteiger partial charge on any atom is -0.396 e. The topological polar surface area (TPSA) is 83.9 Å². The summed E-state index contributed by atoms with van der Waals surface area (Å²) in [7, 11) is -2.18. The molecule has 1 N–H and O–H groups in total. The molecule has 1 fully saturated rings. The van der Waals surface area contributed by atoms with Crippen LogP contribution in [0.2, 0.25) is 0 Å². The third-order valence-corrected chi connectivity index (χ3v) is 5.22. The highest BCUT2D eigenvalue weighted by Gasteiger charge is 2.62. The van der Waals surface area contributed by atoms with Gasteiger partial charge >= 0.3 is 0 Å². The molecule has 0 aromatic heterocycles. The normalized spacial score (nSPS) is 24.0. The first-order valence-electron chi connectivity index (χ1n) is 4.99. The Labute approximate surface area is 95.2 Å². The minimum atomic E-state index is -3.60. The van der Waals surface area contributed by atoms with E-state index in [1.54, 1.807) is 0 Å². The number of nitrogens with zero attached hydrogens (tertiary/aromatic N) is 1. The van der Waals surface area contributed by atoms with Gasteiger partial charge in [-0.2, -0.15) is 0 Å². The van der Waals surface area contributed by atoms with Crippen molar-refractivity contribution in [3.05, 3.63) is 0 Å². The van der Waals surface area contributed by atoms with Crippen molar-refractivity contribution in [1.29, 1.82) is 0 Å². The number of hydrogen-bond acceptors (Lipinski definition) is 5. The average molecular weight is 251 g/mol. The highest BCUT2D eigenvalue weighted by molar-refractivity contribution is 7.94. The molecule has 1 aliphatic heterocycles. The van der Waals surface area contributed by atoms with Crippen molar-refractivity contribution < 1.29 is 23.1 Å². The van der Waals surface area contributed by atoms with E-state index < -0.39 is 26.7 Å². The second-order valence-electron chi connectivity index (χ2n) is 4.24. The molecule has 0 bridgehead atoms. The molecule has 94 valence electrons. The molecule has 0 saturated carbocycles. The van der Waals surface area contributed by atoms with Crippen LogP contribution in [-0.4, -0.2) is 54.8 Å². The standard InChI is InChI=1S/C9H17NO5S/c1-9(2)8(12)10(16(9,13)14)7(4-5-11)6-15-3/h7,11H,4-6H2,1-3H3. The van der Waals surface area contributed by atoms with Gasteiger partial charge in [0, 0.05) is 13.7 Å². The van der Waals surface area contributed by atoms with Gasteiger partial charge in [-0.25, -0.2) is 12.7 Å². The van der Waals surface area contributed by atoms with E-state index in [-0.39, 0.29) is 19.6 Å². The Kier molecular flexibility index (Phi) is 3.61.